The molecule has 1 heterocycles. The Morgan fingerprint density at radius 3 is 2.43 bits per heavy atom. The van der Waals surface area contributed by atoms with Crippen molar-refractivity contribution in [2.45, 2.75) is 65.0 Å². The Bertz CT molecular complexity index is 1230. The highest BCUT2D eigenvalue weighted by Crippen LogP contribution is 2.28. The number of fused-ring (bicyclic) bond motifs is 2. The first kappa shape index (κ1) is 36.6. The lowest BCUT2D eigenvalue weighted by Gasteiger charge is -2.30. The molecule has 0 aromatic heterocycles. The zero-order chi connectivity index (χ0) is 33.1. The second kappa shape index (κ2) is 17.0. The maximum Gasteiger partial charge on any atom is 0.405 e. The molecule has 0 saturated carbocycles. The summed E-state index contributed by atoms with van der Waals surface area (Å²) in [6, 6.07) is 0. The number of aliphatic hydroxyl groups is 1. The summed E-state index contributed by atoms with van der Waals surface area (Å²) in [4.78, 5) is 53.7. The number of likely N-dealkylation sites (N-methyl/N-ethyl adjacent to an activating group) is 1. The lowest BCUT2D eigenvalue weighted by Crippen LogP contribution is -2.38. The summed E-state index contributed by atoms with van der Waals surface area (Å²) in [6.07, 6.45) is 3.88. The van der Waals surface area contributed by atoms with Crippen LogP contribution in [0.1, 0.15) is 40.5 Å². The van der Waals surface area contributed by atoms with E-state index in [2.05, 4.69) is 10.6 Å². The molecule has 12 nitrogen and oxygen atoms in total. The van der Waals surface area contributed by atoms with Gasteiger partial charge in [-0.2, -0.15) is 0 Å². The van der Waals surface area contributed by atoms with Crippen LogP contribution in [0.25, 0.3) is 0 Å². The molecule has 0 radical (unpaired) electrons. The minimum absolute atomic E-state index is 0.114. The minimum atomic E-state index is -0.997. The third-order valence-electron chi connectivity index (χ3n) is 7.65. The highest BCUT2D eigenvalue weighted by molar-refractivity contribution is 6.23. The first-order valence-electron chi connectivity index (χ1n) is 14.7. The van der Waals surface area contributed by atoms with Crippen molar-refractivity contribution in [2.75, 3.05) is 41.4 Å². The van der Waals surface area contributed by atoms with E-state index in [1.54, 1.807) is 32.1 Å². The van der Waals surface area contributed by atoms with E-state index in [9.17, 15) is 24.3 Å². The third-order valence-corrected chi connectivity index (χ3v) is 7.65. The van der Waals surface area contributed by atoms with Crippen LogP contribution in [-0.2, 0) is 28.6 Å². The molecule has 2 rings (SSSR count). The predicted molar refractivity (Wildman–Crippen MR) is 166 cm³/mol. The van der Waals surface area contributed by atoms with Gasteiger partial charge in [-0.1, -0.05) is 38.2 Å². The first-order valence-corrected chi connectivity index (χ1v) is 14.7. The topological polar surface area (TPSA) is 170 Å². The van der Waals surface area contributed by atoms with Gasteiger partial charge in [-0.15, -0.1) is 0 Å². The number of methoxy groups -OCH3 is 2. The number of primary amides is 1. The van der Waals surface area contributed by atoms with Crippen LogP contribution in [0, 0.1) is 11.8 Å². The Balaban J connectivity index is 2.60. The summed E-state index contributed by atoms with van der Waals surface area (Å²) in [5, 5.41) is 17.0. The molecule has 12 heteroatoms. The number of Topliss-reactive ketones (excluding diaryl/α,β-unsaturated/α-hetero) is 1. The van der Waals surface area contributed by atoms with E-state index < -0.39 is 53.9 Å². The van der Waals surface area contributed by atoms with E-state index in [4.69, 9.17) is 19.9 Å². The average molecular weight is 617 g/mol. The normalized spacial score (nSPS) is 31.0. The Morgan fingerprint density at radius 1 is 1.16 bits per heavy atom. The Morgan fingerprint density at radius 2 is 1.84 bits per heavy atom. The summed E-state index contributed by atoms with van der Waals surface area (Å²) in [7, 11) is 6.74. The number of rotatable bonds is 7. The zero-order valence-electron chi connectivity index (χ0n) is 27.0. The van der Waals surface area contributed by atoms with Gasteiger partial charge in [0.05, 0.1) is 23.6 Å². The van der Waals surface area contributed by atoms with E-state index in [1.807, 2.05) is 32.8 Å². The number of hydrogen-bond acceptors (Lipinski definition) is 10. The quantitative estimate of drug-likeness (QED) is 0.245. The second-order valence-corrected chi connectivity index (χ2v) is 11.7. The number of ether oxygens (including phenoxy) is 3. The van der Waals surface area contributed by atoms with Gasteiger partial charge < -0.3 is 40.6 Å². The van der Waals surface area contributed by atoms with E-state index in [0.29, 0.717) is 25.1 Å². The molecule has 0 spiro atoms. The van der Waals surface area contributed by atoms with Crippen LogP contribution in [0.3, 0.4) is 0 Å². The smallest absolute Gasteiger partial charge is 0.405 e. The molecule has 0 fully saturated rings. The molecule has 1 aliphatic carbocycles. The summed E-state index contributed by atoms with van der Waals surface area (Å²) >= 11 is 0. The SMILES string of the molecule is CO[C@@H]1/C=C\C=C(/C)C(=O)NC2=CC(=O)C(NCCN(C)C)=C(C[C@H](C)C[C@@H](OC)[C@@H](O)[C@H](C)/C=C(\C)[C@H]1OC(N)=O)C2=O. The average Bonchev–Trinajstić information content (AvgIpc) is 2.95. The number of carbonyl (C=O) groups is 4. The van der Waals surface area contributed by atoms with E-state index in [-0.39, 0.29) is 34.9 Å². The Kier molecular flexibility index (Phi) is 14.2. The van der Waals surface area contributed by atoms with Crippen LogP contribution < -0.4 is 16.4 Å². The van der Waals surface area contributed by atoms with Crippen molar-refractivity contribution in [1.29, 1.82) is 0 Å². The predicted octanol–water partition coefficient (Wildman–Crippen LogP) is 1.91. The van der Waals surface area contributed by atoms with Crippen molar-refractivity contribution in [2.24, 2.45) is 17.6 Å². The van der Waals surface area contributed by atoms with Gasteiger partial charge in [0, 0.05) is 50.4 Å². The molecular weight excluding hydrogens is 568 g/mol. The van der Waals surface area contributed by atoms with Gasteiger partial charge in [-0.05, 0) is 52.3 Å². The van der Waals surface area contributed by atoms with Gasteiger partial charge in [0.2, 0.25) is 11.6 Å². The Hall–Kier alpha value is -3.58. The van der Waals surface area contributed by atoms with Gasteiger partial charge in [0.1, 0.15) is 6.10 Å². The number of nitrogens with two attached hydrogens (primary N) is 1. The molecule has 44 heavy (non-hydrogen) atoms. The van der Waals surface area contributed by atoms with Crippen molar-refractivity contribution in [3.05, 3.63) is 58.5 Å². The molecule has 1 aliphatic heterocycles. The van der Waals surface area contributed by atoms with Crippen LogP contribution in [0.4, 0.5) is 4.79 Å². The van der Waals surface area contributed by atoms with Crippen LogP contribution in [0.5, 0.6) is 0 Å². The van der Waals surface area contributed by atoms with Crippen molar-refractivity contribution >= 4 is 23.6 Å². The fraction of sp³-hybridized carbons (Fsp3) is 0.562. The van der Waals surface area contributed by atoms with Crippen molar-refractivity contribution < 1.29 is 38.5 Å². The fourth-order valence-corrected chi connectivity index (χ4v) is 5.18. The van der Waals surface area contributed by atoms with Crippen molar-refractivity contribution in [1.82, 2.24) is 15.5 Å². The lowest BCUT2D eigenvalue weighted by atomic mass is 9.85. The van der Waals surface area contributed by atoms with Gasteiger partial charge in [0.25, 0.3) is 5.91 Å². The largest absolute Gasteiger partial charge is 0.439 e. The van der Waals surface area contributed by atoms with Crippen molar-refractivity contribution in [3.8, 4) is 0 Å². The number of aliphatic hydroxyl groups excluding tert-OH is 1. The Labute approximate surface area is 260 Å². The second-order valence-electron chi connectivity index (χ2n) is 11.7. The lowest BCUT2D eigenvalue weighted by molar-refractivity contribution is -0.120. The maximum atomic E-state index is 13.7. The highest BCUT2D eigenvalue weighted by Gasteiger charge is 2.33. The summed E-state index contributed by atoms with van der Waals surface area (Å²) < 4.78 is 16.6. The number of nitrogens with zero attached hydrogens (tertiary/aromatic N) is 1. The number of nitrogens with one attached hydrogen (secondary N) is 2. The summed E-state index contributed by atoms with van der Waals surface area (Å²) in [5.74, 6) is -2.06. The summed E-state index contributed by atoms with van der Waals surface area (Å²) in [6.45, 7) is 8.09. The van der Waals surface area contributed by atoms with Crippen LogP contribution >= 0.6 is 0 Å². The molecule has 0 unspecified atom stereocenters. The molecule has 2 aliphatic rings. The van der Waals surface area contributed by atoms with Crippen LogP contribution in [0.15, 0.2) is 58.5 Å². The maximum absolute atomic E-state index is 13.7. The number of allylic oxidation sites excluding steroid dienone is 4. The molecule has 2 bridgehead atoms. The fourth-order valence-electron chi connectivity index (χ4n) is 5.18. The molecule has 0 aromatic carbocycles. The number of amides is 2. The van der Waals surface area contributed by atoms with Gasteiger partial charge in [-0.25, -0.2) is 4.79 Å². The summed E-state index contributed by atoms with van der Waals surface area (Å²) in [5.41, 5.74) is 6.55. The molecule has 5 N–H and O–H groups in total. The van der Waals surface area contributed by atoms with Gasteiger partial charge in [0.15, 0.2) is 6.10 Å². The monoisotopic (exact) mass is 616 g/mol. The number of hydrogen-bond donors (Lipinski definition) is 4. The molecule has 2 amide bonds. The highest BCUT2D eigenvalue weighted by atomic mass is 16.6. The van der Waals surface area contributed by atoms with Gasteiger partial charge >= 0.3 is 6.09 Å². The first-order chi connectivity index (χ1) is 20.7. The zero-order valence-corrected chi connectivity index (χ0v) is 27.0. The number of ketones is 2. The molecule has 0 saturated heterocycles. The third kappa shape index (κ3) is 10.3. The van der Waals surface area contributed by atoms with E-state index in [0.717, 1.165) is 6.08 Å². The van der Waals surface area contributed by atoms with Crippen LogP contribution in [0.2, 0.25) is 0 Å². The molecule has 0 aromatic rings. The van der Waals surface area contributed by atoms with Gasteiger partial charge in [-0.3, -0.25) is 14.4 Å². The van der Waals surface area contributed by atoms with Crippen LogP contribution in [-0.4, -0.2) is 99.4 Å². The van der Waals surface area contributed by atoms with Crippen molar-refractivity contribution in [3.63, 3.8) is 0 Å². The van der Waals surface area contributed by atoms with E-state index >= 15 is 0 Å². The molecule has 244 valence electrons. The van der Waals surface area contributed by atoms with E-state index in [1.165, 1.54) is 20.3 Å². The minimum Gasteiger partial charge on any atom is -0.439 e. The molecule has 6 atom stereocenters. The standard InChI is InChI=1S/C32H48N4O8/c1-18-14-22-27(34-12-13-36(5)6)24(37)17-23(29(22)39)35-31(40)19(2)10-9-11-25(42-7)30(44-32(33)41)21(4)16-20(3)28(38)26(15-18)43-8/h9-11,16-18,20,25-26,28,30,34,38H,12-15H2,1-8H3,(H2,33,41)(H,35,40)/b11-9-,19-10+,21-16+/t18-,20+,25+,26+,28-,30+/m0/s1. The molecular formula is C32H48N4O8. The number of carbonyl (C=O) groups excluding carboxylic acids is 4.